The fourth-order valence-corrected chi connectivity index (χ4v) is 2.30. The molecule has 21 heavy (non-hydrogen) atoms. The van der Waals surface area contributed by atoms with Gasteiger partial charge in [0.25, 0.3) is 0 Å². The van der Waals surface area contributed by atoms with Gasteiger partial charge < -0.3 is 4.98 Å². The number of halogens is 1. The average molecular weight is 300 g/mol. The number of hydrogen-bond acceptors (Lipinski definition) is 2. The van der Waals surface area contributed by atoms with Crippen molar-refractivity contribution in [3.63, 3.8) is 0 Å². The number of H-pyrrole nitrogens is 1. The maximum absolute atomic E-state index is 12.0. The molecule has 5 heteroatoms. The summed E-state index contributed by atoms with van der Waals surface area (Å²) in [4.78, 5) is 15.1. The minimum absolute atomic E-state index is 0.102. The molecule has 4 nitrogen and oxygen atoms in total. The van der Waals surface area contributed by atoms with Crippen molar-refractivity contribution < 1.29 is 4.79 Å². The molecule has 0 aliphatic heterocycles. The molecule has 0 fully saturated rings. The molecule has 0 atom stereocenters. The monoisotopic (exact) mass is 299 g/mol. The molecule has 1 aromatic heterocycles. The highest BCUT2D eigenvalue weighted by Gasteiger charge is 2.08. The summed E-state index contributed by atoms with van der Waals surface area (Å²) < 4.78 is 0. The van der Waals surface area contributed by atoms with Crippen molar-refractivity contribution in [3.8, 4) is 0 Å². The Hall–Kier alpha value is -2.46. The first-order valence-electron chi connectivity index (χ1n) is 6.58. The van der Waals surface area contributed by atoms with Crippen LogP contribution in [-0.4, -0.2) is 10.9 Å². The first-order chi connectivity index (χ1) is 10.2. The molecular formula is C16H14ClN3O. The Labute approximate surface area is 127 Å². The molecule has 2 aromatic carbocycles. The van der Waals surface area contributed by atoms with Crippen molar-refractivity contribution in [1.29, 1.82) is 0 Å². The van der Waals surface area contributed by atoms with Gasteiger partial charge in [0.15, 0.2) is 0 Å². The fourth-order valence-electron chi connectivity index (χ4n) is 2.17. The van der Waals surface area contributed by atoms with Crippen molar-refractivity contribution in [2.24, 2.45) is 0 Å². The lowest BCUT2D eigenvalue weighted by Crippen LogP contribution is -2.30. The fraction of sp³-hybridized carbons (Fsp3) is 0.0625. The summed E-state index contributed by atoms with van der Waals surface area (Å²) in [7, 11) is 0. The van der Waals surface area contributed by atoms with Gasteiger partial charge in [-0.05, 0) is 35.9 Å². The number of nitrogens with one attached hydrogen (secondary N) is 3. The van der Waals surface area contributed by atoms with Crippen LogP contribution in [0.15, 0.2) is 54.7 Å². The molecule has 0 saturated carbocycles. The Morgan fingerprint density at radius 2 is 1.86 bits per heavy atom. The van der Waals surface area contributed by atoms with E-state index in [0.717, 1.165) is 22.2 Å². The van der Waals surface area contributed by atoms with Gasteiger partial charge in [-0.3, -0.25) is 15.6 Å². The van der Waals surface area contributed by atoms with Gasteiger partial charge in [0.05, 0.1) is 12.1 Å². The lowest BCUT2D eigenvalue weighted by molar-refractivity contribution is -0.119. The summed E-state index contributed by atoms with van der Waals surface area (Å²) in [6.07, 6.45) is 2.18. The number of para-hydroxylation sites is 1. The van der Waals surface area contributed by atoms with Crippen LogP contribution in [0, 0.1) is 0 Å². The number of rotatable bonds is 4. The summed E-state index contributed by atoms with van der Waals surface area (Å²) in [5.41, 5.74) is 8.33. The lowest BCUT2D eigenvalue weighted by Gasteiger charge is -2.08. The van der Waals surface area contributed by atoms with E-state index in [9.17, 15) is 4.79 Å². The number of aromatic amines is 1. The number of aromatic nitrogens is 1. The van der Waals surface area contributed by atoms with E-state index < -0.39 is 0 Å². The van der Waals surface area contributed by atoms with Gasteiger partial charge in [-0.15, -0.1) is 0 Å². The van der Waals surface area contributed by atoms with Gasteiger partial charge >= 0.3 is 0 Å². The highest BCUT2D eigenvalue weighted by atomic mass is 35.5. The minimum atomic E-state index is -0.102. The molecular weight excluding hydrogens is 286 g/mol. The molecule has 3 N–H and O–H groups in total. The Bertz CT molecular complexity index is 765. The van der Waals surface area contributed by atoms with Crippen molar-refractivity contribution in [2.75, 3.05) is 5.43 Å². The lowest BCUT2D eigenvalue weighted by atomic mass is 10.1. The molecule has 0 saturated heterocycles. The number of fused-ring (bicyclic) bond motifs is 1. The van der Waals surface area contributed by atoms with Crippen LogP contribution in [0.5, 0.6) is 0 Å². The van der Waals surface area contributed by atoms with Gasteiger partial charge in [-0.25, -0.2) is 0 Å². The van der Waals surface area contributed by atoms with Crippen LogP contribution in [0.3, 0.4) is 0 Å². The molecule has 0 aliphatic carbocycles. The van der Waals surface area contributed by atoms with E-state index in [-0.39, 0.29) is 5.91 Å². The quantitative estimate of drug-likeness (QED) is 0.646. The van der Waals surface area contributed by atoms with E-state index in [0.29, 0.717) is 11.4 Å². The van der Waals surface area contributed by atoms with Crippen molar-refractivity contribution in [2.45, 2.75) is 6.42 Å². The van der Waals surface area contributed by atoms with Gasteiger partial charge in [-0.2, -0.15) is 0 Å². The summed E-state index contributed by atoms with van der Waals surface area (Å²) in [6, 6.07) is 15.0. The van der Waals surface area contributed by atoms with Crippen molar-refractivity contribution in [1.82, 2.24) is 10.4 Å². The molecule has 1 amide bonds. The Kier molecular flexibility index (Phi) is 3.79. The molecule has 0 unspecified atom stereocenters. The Balaban J connectivity index is 1.62. The van der Waals surface area contributed by atoms with Crippen LogP contribution in [0.2, 0.25) is 5.02 Å². The number of anilines is 1. The third-order valence-corrected chi connectivity index (χ3v) is 3.47. The Morgan fingerprint density at radius 1 is 1.10 bits per heavy atom. The third-order valence-electron chi connectivity index (χ3n) is 3.22. The van der Waals surface area contributed by atoms with E-state index >= 15 is 0 Å². The SMILES string of the molecule is O=C(Cc1c[nH]c2ccccc12)NNc1ccc(Cl)cc1. The maximum Gasteiger partial charge on any atom is 0.242 e. The molecule has 0 bridgehead atoms. The van der Waals surface area contributed by atoms with Crippen LogP contribution >= 0.6 is 11.6 Å². The first-order valence-corrected chi connectivity index (χ1v) is 6.95. The number of carbonyl (C=O) groups is 1. The molecule has 1 heterocycles. The largest absolute Gasteiger partial charge is 0.361 e. The Morgan fingerprint density at radius 3 is 2.67 bits per heavy atom. The van der Waals surface area contributed by atoms with E-state index in [1.807, 2.05) is 30.5 Å². The molecule has 3 rings (SSSR count). The van der Waals surface area contributed by atoms with E-state index in [1.54, 1.807) is 24.3 Å². The number of hydrogen-bond donors (Lipinski definition) is 3. The zero-order chi connectivity index (χ0) is 14.7. The van der Waals surface area contributed by atoms with Crippen LogP contribution in [0.25, 0.3) is 10.9 Å². The minimum Gasteiger partial charge on any atom is -0.361 e. The predicted octanol–water partition coefficient (Wildman–Crippen LogP) is 3.51. The molecule has 0 aliphatic rings. The first kappa shape index (κ1) is 13.5. The van der Waals surface area contributed by atoms with E-state index in [1.165, 1.54) is 0 Å². The van der Waals surface area contributed by atoms with E-state index in [4.69, 9.17) is 11.6 Å². The number of amides is 1. The highest BCUT2D eigenvalue weighted by molar-refractivity contribution is 6.30. The topological polar surface area (TPSA) is 56.9 Å². The maximum atomic E-state index is 12.0. The molecule has 0 radical (unpaired) electrons. The van der Waals surface area contributed by atoms with Crippen LogP contribution in [-0.2, 0) is 11.2 Å². The van der Waals surface area contributed by atoms with Gasteiger partial charge in [0.1, 0.15) is 0 Å². The standard InChI is InChI=1S/C16H14ClN3O/c17-12-5-7-13(8-6-12)19-20-16(21)9-11-10-18-15-4-2-1-3-14(11)15/h1-8,10,18-19H,9H2,(H,20,21). The zero-order valence-electron chi connectivity index (χ0n) is 11.2. The number of hydrazine groups is 1. The molecule has 3 aromatic rings. The van der Waals surface area contributed by atoms with Crippen molar-refractivity contribution in [3.05, 3.63) is 65.3 Å². The second-order valence-electron chi connectivity index (χ2n) is 4.72. The smallest absolute Gasteiger partial charge is 0.242 e. The van der Waals surface area contributed by atoms with Crippen LogP contribution < -0.4 is 10.9 Å². The normalized spacial score (nSPS) is 10.5. The van der Waals surface area contributed by atoms with Crippen LogP contribution in [0.4, 0.5) is 5.69 Å². The number of benzene rings is 2. The summed E-state index contributed by atoms with van der Waals surface area (Å²) in [5, 5.41) is 1.73. The summed E-state index contributed by atoms with van der Waals surface area (Å²) in [5.74, 6) is -0.102. The zero-order valence-corrected chi connectivity index (χ0v) is 11.9. The highest BCUT2D eigenvalue weighted by Crippen LogP contribution is 2.18. The number of carbonyl (C=O) groups excluding carboxylic acids is 1. The van der Waals surface area contributed by atoms with E-state index in [2.05, 4.69) is 15.8 Å². The van der Waals surface area contributed by atoms with Gasteiger partial charge in [0.2, 0.25) is 5.91 Å². The summed E-state index contributed by atoms with van der Waals surface area (Å²) in [6.45, 7) is 0. The van der Waals surface area contributed by atoms with Gasteiger partial charge in [0, 0.05) is 22.1 Å². The predicted molar refractivity (Wildman–Crippen MR) is 85.2 cm³/mol. The molecule has 106 valence electrons. The van der Waals surface area contributed by atoms with Gasteiger partial charge in [-0.1, -0.05) is 29.8 Å². The van der Waals surface area contributed by atoms with Crippen molar-refractivity contribution >= 4 is 34.1 Å². The second-order valence-corrected chi connectivity index (χ2v) is 5.15. The third kappa shape index (κ3) is 3.17. The molecule has 0 spiro atoms. The van der Waals surface area contributed by atoms with Crippen LogP contribution in [0.1, 0.15) is 5.56 Å². The average Bonchev–Trinajstić information content (AvgIpc) is 2.90. The summed E-state index contributed by atoms with van der Waals surface area (Å²) >= 11 is 5.81. The second kappa shape index (κ2) is 5.89.